The first-order valence-electron chi connectivity index (χ1n) is 9.52. The Labute approximate surface area is 163 Å². The zero-order valence-electron chi connectivity index (χ0n) is 15.9. The smallest absolute Gasteiger partial charge is 0.234 e. The second-order valence-electron chi connectivity index (χ2n) is 8.26. The Bertz CT molecular complexity index is 1060. The van der Waals surface area contributed by atoms with Crippen molar-refractivity contribution in [3.63, 3.8) is 0 Å². The molecular weight excluding hydrogens is 352 g/mol. The quantitative estimate of drug-likeness (QED) is 0.657. The van der Waals surface area contributed by atoms with Crippen molar-refractivity contribution in [2.45, 2.75) is 39.2 Å². The van der Waals surface area contributed by atoms with Crippen molar-refractivity contribution in [1.29, 1.82) is 0 Å². The molecule has 0 aliphatic heterocycles. The molecule has 1 saturated carbocycles. The molecule has 2 atom stereocenters. The summed E-state index contributed by atoms with van der Waals surface area (Å²) in [5, 5.41) is 25.7. The highest BCUT2D eigenvalue weighted by atomic mass is 16.5. The molecule has 2 aromatic heterocycles. The second-order valence-corrected chi connectivity index (χ2v) is 8.26. The number of hydrogen-bond donors (Lipinski definition) is 2. The van der Waals surface area contributed by atoms with Gasteiger partial charge in [-0.05, 0) is 60.9 Å². The fraction of sp³-hybridized carbons (Fsp3) is 0.318. The van der Waals surface area contributed by atoms with E-state index in [-0.39, 0.29) is 11.9 Å². The predicted octanol–water partition coefficient (Wildman–Crippen LogP) is 4.51. The molecule has 2 aliphatic carbocycles. The molecule has 0 unspecified atom stereocenters. The molecule has 0 spiro atoms. The van der Waals surface area contributed by atoms with Crippen LogP contribution < -0.4 is 4.74 Å². The Morgan fingerprint density at radius 1 is 1.14 bits per heavy atom. The van der Waals surface area contributed by atoms with Gasteiger partial charge in [0.05, 0.1) is 11.9 Å². The van der Waals surface area contributed by atoms with Gasteiger partial charge in [0, 0.05) is 23.4 Å². The first kappa shape index (κ1) is 17.0. The lowest BCUT2D eigenvalue weighted by Gasteiger charge is -2.25. The molecule has 1 fully saturated rings. The number of aromatic hydroxyl groups is 1. The molecule has 0 amide bonds. The number of phenolic OH excluding ortho intramolecular Hbond substituents is 1. The van der Waals surface area contributed by atoms with Gasteiger partial charge in [0.1, 0.15) is 11.9 Å². The van der Waals surface area contributed by atoms with Crippen molar-refractivity contribution in [3.05, 3.63) is 53.9 Å². The van der Waals surface area contributed by atoms with Crippen molar-refractivity contribution in [1.82, 2.24) is 20.4 Å². The lowest BCUT2D eigenvalue weighted by Crippen LogP contribution is -2.22. The third kappa shape index (κ3) is 2.85. The molecule has 2 aliphatic rings. The molecule has 1 aromatic carbocycles. The minimum atomic E-state index is 0.113. The summed E-state index contributed by atoms with van der Waals surface area (Å²) in [4.78, 5) is 0. The standard InChI is InChI=1S/C22H22N4O2/c1-13-8-22(2)9-17(13)20(10-22)28-21-6-5-18(25-26-21)16-4-3-14(7-19(16)27)15-11-23-24-12-15/h3-7,11-12,20,27H,8-10H2,1-2H3,(H,23,24)/t20-,22-/m1/s1. The summed E-state index contributed by atoms with van der Waals surface area (Å²) in [5.74, 6) is 0.684. The number of nitrogens with one attached hydrogen (secondary N) is 1. The van der Waals surface area contributed by atoms with Gasteiger partial charge in [0.2, 0.25) is 5.88 Å². The zero-order valence-corrected chi connectivity index (χ0v) is 15.9. The van der Waals surface area contributed by atoms with Crippen LogP contribution in [0, 0.1) is 5.41 Å². The van der Waals surface area contributed by atoms with Crippen LogP contribution in [0.1, 0.15) is 33.1 Å². The van der Waals surface area contributed by atoms with E-state index in [1.54, 1.807) is 18.5 Å². The Morgan fingerprint density at radius 3 is 2.68 bits per heavy atom. The number of nitrogens with zero attached hydrogens (tertiary/aromatic N) is 3. The molecule has 3 aromatic rings. The SMILES string of the molecule is CC1=C2C[C@@](C)(C1)C[C@H]2Oc1ccc(-c2ccc(-c3cn[nH]c3)cc2O)nn1. The molecule has 6 nitrogen and oxygen atoms in total. The molecule has 6 heteroatoms. The maximum absolute atomic E-state index is 10.4. The topological polar surface area (TPSA) is 83.9 Å². The number of allylic oxidation sites excluding steroid dienone is 1. The number of aromatic nitrogens is 4. The fourth-order valence-corrected chi connectivity index (χ4v) is 4.65. The highest BCUT2D eigenvalue weighted by Crippen LogP contribution is 2.54. The number of H-pyrrole nitrogens is 1. The van der Waals surface area contributed by atoms with Crippen molar-refractivity contribution >= 4 is 0 Å². The number of hydrogen-bond acceptors (Lipinski definition) is 5. The average molecular weight is 374 g/mol. The van der Waals surface area contributed by atoms with E-state index < -0.39 is 0 Å². The Kier molecular flexibility index (Phi) is 3.75. The first-order valence-corrected chi connectivity index (χ1v) is 9.52. The van der Waals surface area contributed by atoms with Gasteiger partial charge >= 0.3 is 0 Å². The third-order valence-electron chi connectivity index (χ3n) is 5.93. The van der Waals surface area contributed by atoms with Crippen LogP contribution in [0.2, 0.25) is 0 Å². The average Bonchev–Trinajstić information content (AvgIpc) is 3.37. The summed E-state index contributed by atoms with van der Waals surface area (Å²) < 4.78 is 6.13. The summed E-state index contributed by atoms with van der Waals surface area (Å²) in [7, 11) is 0. The van der Waals surface area contributed by atoms with Crippen molar-refractivity contribution < 1.29 is 9.84 Å². The number of benzene rings is 1. The van der Waals surface area contributed by atoms with Crippen LogP contribution in [0.3, 0.4) is 0 Å². The van der Waals surface area contributed by atoms with E-state index in [2.05, 4.69) is 34.2 Å². The van der Waals surface area contributed by atoms with Gasteiger partial charge in [-0.2, -0.15) is 5.10 Å². The van der Waals surface area contributed by atoms with Gasteiger partial charge in [-0.3, -0.25) is 5.10 Å². The molecular formula is C22H22N4O2. The number of ether oxygens (including phenoxy) is 1. The number of phenols is 1. The highest BCUT2D eigenvalue weighted by molar-refractivity contribution is 5.73. The van der Waals surface area contributed by atoms with Crippen LogP contribution in [0.25, 0.3) is 22.4 Å². The van der Waals surface area contributed by atoms with Crippen LogP contribution in [-0.2, 0) is 0 Å². The van der Waals surface area contributed by atoms with E-state index in [4.69, 9.17) is 4.74 Å². The number of aromatic amines is 1. The summed E-state index contributed by atoms with van der Waals surface area (Å²) in [6, 6.07) is 9.14. The maximum Gasteiger partial charge on any atom is 0.234 e. The largest absolute Gasteiger partial charge is 0.507 e. The van der Waals surface area contributed by atoms with Crippen LogP contribution in [-0.4, -0.2) is 31.6 Å². The van der Waals surface area contributed by atoms with Gasteiger partial charge in [0.15, 0.2) is 0 Å². The van der Waals surface area contributed by atoms with E-state index in [0.29, 0.717) is 22.6 Å². The Hall–Kier alpha value is -3.15. The minimum Gasteiger partial charge on any atom is -0.507 e. The van der Waals surface area contributed by atoms with E-state index in [1.165, 1.54) is 17.6 Å². The number of fused-ring (bicyclic) bond motifs is 2. The van der Waals surface area contributed by atoms with Crippen molar-refractivity contribution in [3.8, 4) is 34.0 Å². The van der Waals surface area contributed by atoms with Crippen molar-refractivity contribution in [2.75, 3.05) is 0 Å². The molecule has 2 heterocycles. The molecule has 5 rings (SSSR count). The van der Waals surface area contributed by atoms with Crippen LogP contribution in [0.5, 0.6) is 11.6 Å². The summed E-state index contributed by atoms with van der Waals surface area (Å²) in [5.41, 5.74) is 6.29. The third-order valence-corrected chi connectivity index (χ3v) is 5.93. The Balaban J connectivity index is 1.35. The molecule has 28 heavy (non-hydrogen) atoms. The van der Waals surface area contributed by atoms with E-state index in [1.807, 2.05) is 24.3 Å². The second kappa shape index (κ2) is 6.19. The molecule has 142 valence electrons. The van der Waals surface area contributed by atoms with Crippen LogP contribution in [0.4, 0.5) is 0 Å². The zero-order chi connectivity index (χ0) is 19.3. The lowest BCUT2D eigenvalue weighted by atomic mass is 9.84. The first-order chi connectivity index (χ1) is 13.5. The summed E-state index contributed by atoms with van der Waals surface area (Å²) in [6.07, 6.45) is 6.97. The molecule has 2 bridgehead atoms. The van der Waals surface area contributed by atoms with E-state index in [9.17, 15) is 5.11 Å². The summed E-state index contributed by atoms with van der Waals surface area (Å²) >= 11 is 0. The Morgan fingerprint density at radius 2 is 2.04 bits per heavy atom. The number of rotatable bonds is 4. The van der Waals surface area contributed by atoms with Crippen molar-refractivity contribution in [2.24, 2.45) is 5.41 Å². The summed E-state index contributed by atoms with van der Waals surface area (Å²) in [6.45, 7) is 4.54. The maximum atomic E-state index is 10.4. The van der Waals surface area contributed by atoms with Gasteiger partial charge in [0.25, 0.3) is 0 Å². The monoisotopic (exact) mass is 374 g/mol. The lowest BCUT2D eigenvalue weighted by molar-refractivity contribution is 0.186. The molecule has 0 saturated heterocycles. The van der Waals surface area contributed by atoms with Gasteiger partial charge in [-0.15, -0.1) is 10.2 Å². The molecule has 0 radical (unpaired) electrons. The normalized spacial score (nSPS) is 23.4. The van der Waals surface area contributed by atoms with Gasteiger partial charge < -0.3 is 9.84 Å². The minimum absolute atomic E-state index is 0.113. The fourth-order valence-electron chi connectivity index (χ4n) is 4.65. The van der Waals surface area contributed by atoms with Crippen LogP contribution >= 0.6 is 0 Å². The molecule has 2 N–H and O–H groups in total. The predicted molar refractivity (Wildman–Crippen MR) is 106 cm³/mol. The van der Waals surface area contributed by atoms with Crippen LogP contribution in [0.15, 0.2) is 53.9 Å². The highest BCUT2D eigenvalue weighted by Gasteiger charge is 2.46. The van der Waals surface area contributed by atoms with E-state index in [0.717, 1.165) is 24.0 Å². The van der Waals surface area contributed by atoms with Gasteiger partial charge in [-0.1, -0.05) is 18.6 Å². The van der Waals surface area contributed by atoms with E-state index >= 15 is 0 Å². The van der Waals surface area contributed by atoms with Gasteiger partial charge in [-0.25, -0.2) is 0 Å².